The van der Waals surface area contributed by atoms with E-state index < -0.39 is 11.7 Å². The first-order valence-electron chi connectivity index (χ1n) is 7.44. The van der Waals surface area contributed by atoms with Crippen molar-refractivity contribution in [1.29, 1.82) is 0 Å². The number of carbonyl (C=O) groups excluding carboxylic acids is 1. The number of benzene rings is 2. The van der Waals surface area contributed by atoms with E-state index in [0.717, 1.165) is 11.8 Å². The predicted octanol–water partition coefficient (Wildman–Crippen LogP) is 4.22. The van der Waals surface area contributed by atoms with Crippen LogP contribution in [-0.4, -0.2) is 32.2 Å². The molecule has 24 heavy (non-hydrogen) atoms. The Morgan fingerprint density at radius 3 is 2.58 bits per heavy atom. The van der Waals surface area contributed by atoms with E-state index in [0.29, 0.717) is 37.0 Å². The molecule has 0 atom stereocenters. The molecule has 1 fully saturated rings. The summed E-state index contributed by atoms with van der Waals surface area (Å²) in [7, 11) is 0. The quantitative estimate of drug-likeness (QED) is 0.881. The lowest BCUT2D eigenvalue weighted by atomic mass is 10.1. The van der Waals surface area contributed by atoms with E-state index in [-0.39, 0.29) is 10.6 Å². The molecule has 4 nitrogen and oxygen atoms in total. The van der Waals surface area contributed by atoms with E-state index in [1.54, 1.807) is 18.2 Å². The molecule has 2 aromatic rings. The third kappa shape index (κ3) is 3.64. The molecule has 0 saturated carbocycles. The van der Waals surface area contributed by atoms with E-state index in [1.807, 2.05) is 0 Å². The number of ether oxygens (including phenoxy) is 1. The van der Waals surface area contributed by atoms with Crippen LogP contribution >= 0.6 is 23.2 Å². The summed E-state index contributed by atoms with van der Waals surface area (Å²) in [4.78, 5) is 14.6. The van der Waals surface area contributed by atoms with Crippen LogP contribution in [0, 0.1) is 5.82 Å². The van der Waals surface area contributed by atoms with Gasteiger partial charge in [0.05, 0.1) is 40.2 Å². The molecule has 2 aromatic carbocycles. The van der Waals surface area contributed by atoms with Gasteiger partial charge < -0.3 is 15.0 Å². The van der Waals surface area contributed by atoms with Crippen LogP contribution in [0.4, 0.5) is 15.8 Å². The van der Waals surface area contributed by atoms with E-state index in [4.69, 9.17) is 27.9 Å². The van der Waals surface area contributed by atoms with Crippen molar-refractivity contribution in [1.82, 2.24) is 0 Å². The number of nitrogens with one attached hydrogen (secondary N) is 1. The molecule has 1 amide bonds. The summed E-state index contributed by atoms with van der Waals surface area (Å²) in [5.41, 5.74) is 1.52. The topological polar surface area (TPSA) is 41.6 Å². The summed E-state index contributed by atoms with van der Waals surface area (Å²) in [6, 6.07) is 8.96. The van der Waals surface area contributed by atoms with Crippen molar-refractivity contribution in [2.75, 3.05) is 36.5 Å². The number of nitrogens with zero attached hydrogens (tertiary/aromatic N) is 1. The average Bonchev–Trinajstić information content (AvgIpc) is 2.55. The molecule has 0 bridgehead atoms. The summed E-state index contributed by atoms with van der Waals surface area (Å²) in [6.07, 6.45) is 0. The third-order valence-electron chi connectivity index (χ3n) is 3.74. The van der Waals surface area contributed by atoms with Gasteiger partial charge in [0.1, 0.15) is 5.82 Å². The van der Waals surface area contributed by atoms with Crippen molar-refractivity contribution in [3.8, 4) is 0 Å². The van der Waals surface area contributed by atoms with E-state index in [1.165, 1.54) is 12.1 Å². The number of halogens is 3. The molecule has 0 spiro atoms. The number of anilines is 2. The van der Waals surface area contributed by atoms with Gasteiger partial charge in [0.25, 0.3) is 5.91 Å². The summed E-state index contributed by atoms with van der Waals surface area (Å²) < 4.78 is 18.5. The molecule has 1 aliphatic heterocycles. The van der Waals surface area contributed by atoms with E-state index in [2.05, 4.69) is 10.2 Å². The number of para-hydroxylation sites is 1. The fourth-order valence-corrected chi connectivity index (χ4v) is 3.13. The fourth-order valence-electron chi connectivity index (χ4n) is 2.59. The molecular weight excluding hydrogens is 354 g/mol. The number of rotatable bonds is 3. The Hall–Kier alpha value is -1.82. The van der Waals surface area contributed by atoms with Crippen LogP contribution in [0.5, 0.6) is 0 Å². The zero-order valence-electron chi connectivity index (χ0n) is 12.7. The zero-order valence-corrected chi connectivity index (χ0v) is 14.2. The molecule has 1 heterocycles. The third-order valence-corrected chi connectivity index (χ3v) is 4.36. The van der Waals surface area contributed by atoms with Crippen molar-refractivity contribution >= 4 is 40.5 Å². The van der Waals surface area contributed by atoms with Crippen LogP contribution in [0.3, 0.4) is 0 Å². The van der Waals surface area contributed by atoms with Crippen LogP contribution in [0.25, 0.3) is 0 Å². The first kappa shape index (κ1) is 17.0. The lowest BCUT2D eigenvalue weighted by Crippen LogP contribution is -2.37. The van der Waals surface area contributed by atoms with Gasteiger partial charge in [-0.3, -0.25) is 4.79 Å². The Morgan fingerprint density at radius 1 is 1.12 bits per heavy atom. The van der Waals surface area contributed by atoms with Crippen molar-refractivity contribution in [2.24, 2.45) is 0 Å². The van der Waals surface area contributed by atoms with Gasteiger partial charge in [0, 0.05) is 13.1 Å². The van der Waals surface area contributed by atoms with Crippen molar-refractivity contribution < 1.29 is 13.9 Å². The Balaban J connectivity index is 1.89. The Kier molecular flexibility index (Phi) is 5.23. The number of carbonyl (C=O) groups is 1. The highest BCUT2D eigenvalue weighted by atomic mass is 35.5. The second-order valence-electron chi connectivity index (χ2n) is 5.31. The van der Waals surface area contributed by atoms with Gasteiger partial charge in [-0.15, -0.1) is 0 Å². The van der Waals surface area contributed by atoms with Crippen LogP contribution in [0.15, 0.2) is 36.4 Å². The van der Waals surface area contributed by atoms with Gasteiger partial charge >= 0.3 is 0 Å². The highest BCUT2D eigenvalue weighted by Gasteiger charge is 2.20. The van der Waals surface area contributed by atoms with Crippen molar-refractivity contribution in [3.05, 3.63) is 57.8 Å². The summed E-state index contributed by atoms with van der Waals surface area (Å²) in [6.45, 7) is 2.57. The minimum Gasteiger partial charge on any atom is -0.378 e. The second kappa shape index (κ2) is 7.38. The second-order valence-corrected chi connectivity index (χ2v) is 6.13. The Bertz CT molecular complexity index is 764. The van der Waals surface area contributed by atoms with Crippen LogP contribution in [0.2, 0.25) is 10.0 Å². The van der Waals surface area contributed by atoms with Gasteiger partial charge in [-0.05, 0) is 30.3 Å². The standard InChI is InChI=1S/C17H15Cl2FN2O2/c18-13-2-1-3-15(16(13)22-6-8-24-9-7-22)21-17(23)12-5-4-11(20)10-14(12)19/h1-5,10H,6-9H2,(H,21,23). The number of hydrogen-bond acceptors (Lipinski definition) is 3. The molecule has 3 rings (SSSR count). The molecule has 0 unspecified atom stereocenters. The van der Waals surface area contributed by atoms with Gasteiger partial charge in [0.15, 0.2) is 0 Å². The Labute approximate surface area is 149 Å². The van der Waals surface area contributed by atoms with Gasteiger partial charge in [0.2, 0.25) is 0 Å². The van der Waals surface area contributed by atoms with Crippen molar-refractivity contribution in [3.63, 3.8) is 0 Å². The molecule has 1 N–H and O–H groups in total. The first-order valence-corrected chi connectivity index (χ1v) is 8.19. The van der Waals surface area contributed by atoms with Gasteiger partial charge in [-0.25, -0.2) is 4.39 Å². The van der Waals surface area contributed by atoms with Crippen LogP contribution in [-0.2, 0) is 4.74 Å². The van der Waals surface area contributed by atoms with Gasteiger partial charge in [-0.1, -0.05) is 29.3 Å². The lowest BCUT2D eigenvalue weighted by molar-refractivity contribution is 0.102. The SMILES string of the molecule is O=C(Nc1cccc(Cl)c1N1CCOCC1)c1ccc(F)cc1Cl. The highest BCUT2D eigenvalue weighted by molar-refractivity contribution is 6.35. The van der Waals surface area contributed by atoms with Crippen molar-refractivity contribution in [2.45, 2.75) is 0 Å². The maximum atomic E-state index is 13.1. The Morgan fingerprint density at radius 2 is 1.88 bits per heavy atom. The number of amides is 1. The summed E-state index contributed by atoms with van der Waals surface area (Å²) in [5.74, 6) is -0.912. The fraction of sp³-hybridized carbons (Fsp3) is 0.235. The molecule has 1 saturated heterocycles. The van der Waals surface area contributed by atoms with Crippen LogP contribution in [0.1, 0.15) is 10.4 Å². The summed E-state index contributed by atoms with van der Waals surface area (Å²) in [5, 5.41) is 3.41. The minimum atomic E-state index is -0.492. The molecule has 1 aliphatic rings. The highest BCUT2D eigenvalue weighted by Crippen LogP contribution is 2.35. The van der Waals surface area contributed by atoms with Gasteiger partial charge in [-0.2, -0.15) is 0 Å². The van der Waals surface area contributed by atoms with Crippen LogP contribution < -0.4 is 10.2 Å². The average molecular weight is 369 g/mol. The molecule has 0 radical (unpaired) electrons. The smallest absolute Gasteiger partial charge is 0.257 e. The first-order chi connectivity index (χ1) is 11.6. The predicted molar refractivity (Wildman–Crippen MR) is 93.8 cm³/mol. The van der Waals surface area contributed by atoms with E-state index >= 15 is 0 Å². The summed E-state index contributed by atoms with van der Waals surface area (Å²) >= 11 is 12.3. The zero-order chi connectivity index (χ0) is 17.1. The molecule has 0 aromatic heterocycles. The maximum absolute atomic E-state index is 13.1. The maximum Gasteiger partial charge on any atom is 0.257 e. The lowest BCUT2D eigenvalue weighted by Gasteiger charge is -2.31. The number of morpholine rings is 1. The van der Waals surface area contributed by atoms with E-state index in [9.17, 15) is 9.18 Å². The molecular formula is C17H15Cl2FN2O2. The molecule has 7 heteroatoms. The minimum absolute atomic E-state index is 0.0578. The largest absolute Gasteiger partial charge is 0.378 e. The number of hydrogen-bond donors (Lipinski definition) is 1. The molecule has 126 valence electrons. The normalized spacial score (nSPS) is 14.5. The molecule has 0 aliphatic carbocycles. The monoisotopic (exact) mass is 368 g/mol.